The smallest absolute Gasteiger partial charge is 0.383 e. The monoisotopic (exact) mass is 560 g/mol. The van der Waals surface area contributed by atoms with Gasteiger partial charge < -0.3 is 20.7 Å². The minimum Gasteiger partial charge on any atom is -0.383 e. The van der Waals surface area contributed by atoms with Crippen LogP contribution in [0.4, 0.5) is 18.2 Å². The molecule has 0 bridgehead atoms. The number of anilines is 1. The number of halogens is 3. The number of aromatic nitrogens is 1. The second-order valence-corrected chi connectivity index (χ2v) is 11.1. The zero-order valence-electron chi connectivity index (χ0n) is 20.7. The molecule has 0 unspecified atom stereocenters. The molecular formula is C27H27F3N4O2S2. The van der Waals surface area contributed by atoms with Crippen molar-refractivity contribution in [3.05, 3.63) is 58.5 Å². The zero-order chi connectivity index (χ0) is 26.7. The first-order valence-electron chi connectivity index (χ1n) is 12.3. The number of nitrogens with one attached hydrogen (secondary N) is 3. The van der Waals surface area contributed by atoms with E-state index in [1.807, 2.05) is 12.1 Å². The molecule has 1 aliphatic heterocycles. The molecule has 38 heavy (non-hydrogen) atoms. The predicted molar refractivity (Wildman–Crippen MR) is 147 cm³/mol. The third-order valence-electron chi connectivity index (χ3n) is 6.32. The summed E-state index contributed by atoms with van der Waals surface area (Å²) in [5, 5.41) is 11.3. The number of alkyl halides is 3. The van der Waals surface area contributed by atoms with Gasteiger partial charge in [0.05, 0.1) is 22.4 Å². The number of ether oxygens (including phenoxy) is 1. The van der Waals surface area contributed by atoms with Gasteiger partial charge in [-0.15, -0.1) is 22.7 Å². The van der Waals surface area contributed by atoms with Crippen LogP contribution in [0.3, 0.4) is 0 Å². The SMILES string of the molecule is COCCNCCC(=O)Nc1sc2c(c1-c1nc3ccc(-c4cccc(C(F)(F)F)c4)cc3s1)CCNC2. The van der Waals surface area contributed by atoms with Crippen LogP contribution in [0.2, 0.25) is 0 Å². The Morgan fingerprint density at radius 2 is 1.97 bits per heavy atom. The van der Waals surface area contributed by atoms with Crippen LogP contribution in [-0.4, -0.2) is 44.2 Å². The molecule has 200 valence electrons. The van der Waals surface area contributed by atoms with E-state index in [2.05, 4.69) is 16.0 Å². The lowest BCUT2D eigenvalue weighted by Crippen LogP contribution is -2.24. The predicted octanol–water partition coefficient (Wildman–Crippen LogP) is 5.92. The first-order chi connectivity index (χ1) is 18.3. The fraction of sp³-hybridized carbons (Fsp3) is 0.333. The quantitative estimate of drug-likeness (QED) is 0.222. The Morgan fingerprint density at radius 3 is 2.79 bits per heavy atom. The van der Waals surface area contributed by atoms with Crippen molar-refractivity contribution in [2.75, 3.05) is 38.7 Å². The van der Waals surface area contributed by atoms with Crippen LogP contribution < -0.4 is 16.0 Å². The van der Waals surface area contributed by atoms with Crippen LogP contribution in [-0.2, 0) is 28.7 Å². The summed E-state index contributed by atoms with van der Waals surface area (Å²) in [6, 6.07) is 10.9. The molecule has 1 aliphatic rings. The van der Waals surface area contributed by atoms with E-state index in [4.69, 9.17) is 9.72 Å². The first-order valence-corrected chi connectivity index (χ1v) is 13.9. The highest BCUT2D eigenvalue weighted by atomic mass is 32.1. The number of fused-ring (bicyclic) bond motifs is 2. The lowest BCUT2D eigenvalue weighted by atomic mass is 10.0. The van der Waals surface area contributed by atoms with E-state index in [0.717, 1.165) is 51.4 Å². The topological polar surface area (TPSA) is 75.3 Å². The van der Waals surface area contributed by atoms with E-state index in [9.17, 15) is 18.0 Å². The minimum atomic E-state index is -4.40. The van der Waals surface area contributed by atoms with Crippen LogP contribution in [0.5, 0.6) is 0 Å². The van der Waals surface area contributed by atoms with Crippen molar-refractivity contribution in [3.63, 3.8) is 0 Å². The maximum absolute atomic E-state index is 13.2. The molecule has 2 aromatic carbocycles. The summed E-state index contributed by atoms with van der Waals surface area (Å²) >= 11 is 3.06. The Labute approximate surface area is 226 Å². The molecule has 3 heterocycles. The Balaban J connectivity index is 1.44. The molecule has 6 nitrogen and oxygen atoms in total. The summed E-state index contributed by atoms with van der Waals surface area (Å²) in [5.41, 5.74) is 3.45. The van der Waals surface area contributed by atoms with Gasteiger partial charge in [-0.1, -0.05) is 18.2 Å². The number of hydrogen-bond donors (Lipinski definition) is 3. The number of carbonyl (C=O) groups is 1. The summed E-state index contributed by atoms with van der Waals surface area (Å²) in [4.78, 5) is 18.8. The summed E-state index contributed by atoms with van der Waals surface area (Å²) in [6.07, 6.45) is -3.23. The number of nitrogens with zero attached hydrogens (tertiary/aromatic N) is 1. The van der Waals surface area contributed by atoms with Crippen molar-refractivity contribution in [3.8, 4) is 21.7 Å². The van der Waals surface area contributed by atoms with Crippen LogP contribution in [0.15, 0.2) is 42.5 Å². The van der Waals surface area contributed by atoms with Gasteiger partial charge in [-0.05, 0) is 53.9 Å². The molecular weight excluding hydrogens is 533 g/mol. The third-order valence-corrected chi connectivity index (χ3v) is 8.50. The maximum atomic E-state index is 13.2. The van der Waals surface area contributed by atoms with E-state index >= 15 is 0 Å². The van der Waals surface area contributed by atoms with E-state index in [0.29, 0.717) is 37.2 Å². The molecule has 1 amide bonds. The molecule has 0 spiro atoms. The highest BCUT2D eigenvalue weighted by Gasteiger charge is 2.30. The van der Waals surface area contributed by atoms with Crippen molar-refractivity contribution >= 4 is 43.8 Å². The van der Waals surface area contributed by atoms with Gasteiger partial charge in [0, 0.05) is 43.6 Å². The Bertz CT molecular complexity index is 1450. The van der Waals surface area contributed by atoms with Crippen LogP contribution in [0.25, 0.3) is 31.9 Å². The van der Waals surface area contributed by atoms with Crippen LogP contribution >= 0.6 is 22.7 Å². The molecule has 0 saturated heterocycles. The van der Waals surface area contributed by atoms with Gasteiger partial charge in [0.1, 0.15) is 10.0 Å². The fourth-order valence-corrected chi connectivity index (χ4v) is 6.81. The molecule has 0 saturated carbocycles. The molecule has 2 aromatic heterocycles. The number of carbonyl (C=O) groups excluding carboxylic acids is 1. The second-order valence-electron chi connectivity index (χ2n) is 8.96. The number of hydrogen-bond acceptors (Lipinski definition) is 7. The van der Waals surface area contributed by atoms with Crippen molar-refractivity contribution in [1.29, 1.82) is 0 Å². The molecule has 4 aromatic rings. The van der Waals surface area contributed by atoms with E-state index in [1.165, 1.54) is 33.9 Å². The van der Waals surface area contributed by atoms with E-state index < -0.39 is 11.7 Å². The molecule has 5 rings (SSSR count). The van der Waals surface area contributed by atoms with Gasteiger partial charge in [0.25, 0.3) is 0 Å². The van der Waals surface area contributed by atoms with Gasteiger partial charge in [-0.2, -0.15) is 13.2 Å². The Hall–Kier alpha value is -2.83. The largest absolute Gasteiger partial charge is 0.416 e. The van der Waals surface area contributed by atoms with Crippen molar-refractivity contribution in [2.45, 2.75) is 25.6 Å². The van der Waals surface area contributed by atoms with Gasteiger partial charge in [0.15, 0.2) is 0 Å². The Morgan fingerprint density at radius 1 is 1.13 bits per heavy atom. The maximum Gasteiger partial charge on any atom is 0.416 e. The summed E-state index contributed by atoms with van der Waals surface area (Å²) in [6.45, 7) is 3.41. The summed E-state index contributed by atoms with van der Waals surface area (Å²) < 4.78 is 45.6. The average Bonchev–Trinajstić information content (AvgIpc) is 3.48. The van der Waals surface area contributed by atoms with Crippen LogP contribution in [0, 0.1) is 0 Å². The highest BCUT2D eigenvalue weighted by Crippen LogP contribution is 2.45. The summed E-state index contributed by atoms with van der Waals surface area (Å²) in [5.74, 6) is -0.0735. The number of thiazole rings is 1. The van der Waals surface area contributed by atoms with E-state index in [1.54, 1.807) is 30.6 Å². The Kier molecular flexibility index (Phi) is 8.10. The number of amides is 1. The summed E-state index contributed by atoms with van der Waals surface area (Å²) in [7, 11) is 1.64. The van der Waals surface area contributed by atoms with Crippen molar-refractivity contribution < 1.29 is 22.7 Å². The second kappa shape index (κ2) is 11.5. The van der Waals surface area contributed by atoms with Crippen molar-refractivity contribution in [1.82, 2.24) is 15.6 Å². The lowest BCUT2D eigenvalue weighted by molar-refractivity contribution is -0.137. The average molecular weight is 561 g/mol. The van der Waals surface area contributed by atoms with Gasteiger partial charge in [-0.3, -0.25) is 4.79 Å². The molecule has 0 radical (unpaired) electrons. The number of rotatable bonds is 9. The van der Waals surface area contributed by atoms with Crippen LogP contribution in [0.1, 0.15) is 22.4 Å². The number of methoxy groups -OCH3 is 1. The minimum absolute atomic E-state index is 0.0735. The number of benzene rings is 2. The van der Waals surface area contributed by atoms with E-state index in [-0.39, 0.29) is 5.91 Å². The van der Waals surface area contributed by atoms with Gasteiger partial charge in [0.2, 0.25) is 5.91 Å². The third kappa shape index (κ3) is 5.92. The van der Waals surface area contributed by atoms with Crippen molar-refractivity contribution in [2.24, 2.45) is 0 Å². The fourth-order valence-electron chi connectivity index (χ4n) is 4.43. The molecule has 3 N–H and O–H groups in total. The molecule has 0 atom stereocenters. The lowest BCUT2D eigenvalue weighted by Gasteiger charge is -2.13. The standard InChI is InChI=1S/C27H27F3N4O2S2/c1-36-12-11-31-10-8-23(35)34-26-24(19-7-9-32-15-22(19)38-26)25-33-20-6-5-17(14-21(20)37-25)16-3-2-4-18(13-16)27(28,29)30/h2-6,13-14,31-32H,7-12,15H2,1H3,(H,34,35). The molecule has 0 aliphatic carbocycles. The normalized spacial score (nSPS) is 13.6. The molecule has 0 fully saturated rings. The van der Waals surface area contributed by atoms with Gasteiger partial charge >= 0.3 is 6.18 Å². The zero-order valence-corrected chi connectivity index (χ0v) is 22.3. The highest BCUT2D eigenvalue weighted by molar-refractivity contribution is 7.23. The van der Waals surface area contributed by atoms with Gasteiger partial charge in [-0.25, -0.2) is 4.98 Å². The first kappa shape index (κ1) is 26.8. The number of thiophene rings is 1. The molecule has 11 heteroatoms.